The molecule has 0 radical (unpaired) electrons. The SMILES string of the molecule is CC(C)c1cncc(C(C)I)n1. The van der Waals surface area contributed by atoms with Crippen molar-refractivity contribution in [3.63, 3.8) is 0 Å². The Balaban J connectivity index is 2.96. The van der Waals surface area contributed by atoms with Gasteiger partial charge in [0.1, 0.15) is 0 Å². The Morgan fingerprint density at radius 1 is 1.17 bits per heavy atom. The van der Waals surface area contributed by atoms with Crippen LogP contribution < -0.4 is 0 Å². The predicted octanol–water partition coefficient (Wildman–Crippen LogP) is 3.10. The maximum atomic E-state index is 4.50. The Morgan fingerprint density at radius 2 is 1.75 bits per heavy atom. The molecule has 2 nitrogen and oxygen atoms in total. The number of rotatable bonds is 2. The van der Waals surface area contributed by atoms with E-state index in [2.05, 4.69) is 53.3 Å². The van der Waals surface area contributed by atoms with Gasteiger partial charge in [0.05, 0.1) is 15.3 Å². The highest BCUT2D eigenvalue weighted by Crippen LogP contribution is 2.20. The van der Waals surface area contributed by atoms with Crippen molar-refractivity contribution in [2.75, 3.05) is 0 Å². The molecule has 0 N–H and O–H groups in total. The molecule has 0 saturated carbocycles. The van der Waals surface area contributed by atoms with Gasteiger partial charge in [-0.3, -0.25) is 9.97 Å². The fraction of sp³-hybridized carbons (Fsp3) is 0.556. The van der Waals surface area contributed by atoms with Gasteiger partial charge in [0.15, 0.2) is 0 Å². The molecule has 0 amide bonds. The van der Waals surface area contributed by atoms with E-state index in [1.54, 1.807) is 0 Å². The van der Waals surface area contributed by atoms with Crippen LogP contribution in [0.5, 0.6) is 0 Å². The molecule has 1 aromatic rings. The zero-order valence-corrected chi connectivity index (χ0v) is 9.74. The molecule has 0 aliphatic rings. The first-order chi connectivity index (χ1) is 5.61. The molecule has 1 aromatic heterocycles. The Morgan fingerprint density at radius 3 is 2.25 bits per heavy atom. The monoisotopic (exact) mass is 276 g/mol. The molecule has 0 bridgehead atoms. The lowest BCUT2D eigenvalue weighted by Crippen LogP contribution is -1.98. The first-order valence-electron chi connectivity index (χ1n) is 4.07. The van der Waals surface area contributed by atoms with E-state index >= 15 is 0 Å². The van der Waals surface area contributed by atoms with Crippen molar-refractivity contribution < 1.29 is 0 Å². The van der Waals surface area contributed by atoms with E-state index in [-0.39, 0.29) is 0 Å². The van der Waals surface area contributed by atoms with Gasteiger partial charge in [-0.1, -0.05) is 36.4 Å². The quantitative estimate of drug-likeness (QED) is 0.612. The molecule has 0 fully saturated rings. The zero-order chi connectivity index (χ0) is 9.14. The largest absolute Gasteiger partial charge is 0.261 e. The minimum atomic E-state index is 0.439. The van der Waals surface area contributed by atoms with Gasteiger partial charge in [-0.25, -0.2) is 0 Å². The van der Waals surface area contributed by atoms with E-state index in [0.717, 1.165) is 11.4 Å². The van der Waals surface area contributed by atoms with Crippen molar-refractivity contribution >= 4 is 22.6 Å². The topological polar surface area (TPSA) is 25.8 Å². The fourth-order valence-corrected chi connectivity index (χ4v) is 1.17. The number of hydrogen-bond donors (Lipinski definition) is 0. The third-order valence-electron chi connectivity index (χ3n) is 1.67. The van der Waals surface area contributed by atoms with Gasteiger partial charge >= 0.3 is 0 Å². The van der Waals surface area contributed by atoms with Gasteiger partial charge in [-0.15, -0.1) is 0 Å². The zero-order valence-electron chi connectivity index (χ0n) is 7.58. The standard InChI is InChI=1S/C9H13IN2/c1-6(2)8-4-11-5-9(12-8)7(3)10/h4-7H,1-3H3. The minimum absolute atomic E-state index is 0.439. The van der Waals surface area contributed by atoms with Gasteiger partial charge in [0.25, 0.3) is 0 Å². The molecule has 66 valence electrons. The number of halogens is 1. The van der Waals surface area contributed by atoms with Crippen molar-refractivity contribution in [3.05, 3.63) is 23.8 Å². The van der Waals surface area contributed by atoms with Crippen LogP contribution in [0.2, 0.25) is 0 Å². The fourth-order valence-electron chi connectivity index (χ4n) is 0.867. The molecule has 12 heavy (non-hydrogen) atoms. The maximum Gasteiger partial charge on any atom is 0.0715 e. The maximum absolute atomic E-state index is 4.50. The van der Waals surface area contributed by atoms with Crippen LogP contribution in [0.4, 0.5) is 0 Å². The first-order valence-corrected chi connectivity index (χ1v) is 5.31. The smallest absolute Gasteiger partial charge is 0.0715 e. The van der Waals surface area contributed by atoms with Crippen LogP contribution in [-0.2, 0) is 0 Å². The second-order valence-corrected chi connectivity index (χ2v) is 5.01. The average Bonchev–Trinajstić information content (AvgIpc) is 2.04. The molecule has 1 rings (SSSR count). The third-order valence-corrected chi connectivity index (χ3v) is 2.31. The highest BCUT2D eigenvalue weighted by atomic mass is 127. The molecule has 0 saturated heterocycles. The predicted molar refractivity (Wildman–Crippen MR) is 58.6 cm³/mol. The second-order valence-electron chi connectivity index (χ2n) is 3.14. The van der Waals surface area contributed by atoms with E-state index < -0.39 is 0 Å². The van der Waals surface area contributed by atoms with E-state index in [9.17, 15) is 0 Å². The van der Waals surface area contributed by atoms with Crippen molar-refractivity contribution in [2.45, 2.75) is 30.6 Å². The summed E-state index contributed by atoms with van der Waals surface area (Å²) >= 11 is 2.35. The van der Waals surface area contributed by atoms with Crippen LogP contribution in [0.15, 0.2) is 12.4 Å². The van der Waals surface area contributed by atoms with Gasteiger partial charge in [0, 0.05) is 12.4 Å². The molecule has 1 heterocycles. The van der Waals surface area contributed by atoms with E-state index in [1.165, 1.54) is 0 Å². The van der Waals surface area contributed by atoms with Crippen molar-refractivity contribution in [3.8, 4) is 0 Å². The Labute approximate surface area is 87.0 Å². The van der Waals surface area contributed by atoms with Crippen LogP contribution in [-0.4, -0.2) is 9.97 Å². The van der Waals surface area contributed by atoms with E-state index in [0.29, 0.717) is 9.84 Å². The molecular weight excluding hydrogens is 263 g/mol. The van der Waals surface area contributed by atoms with E-state index in [4.69, 9.17) is 0 Å². The molecule has 1 unspecified atom stereocenters. The number of alkyl halides is 1. The summed E-state index contributed by atoms with van der Waals surface area (Å²) in [6, 6.07) is 0. The summed E-state index contributed by atoms with van der Waals surface area (Å²) in [5.41, 5.74) is 2.15. The molecule has 1 atom stereocenters. The Bertz CT molecular complexity index is 235. The Hall–Kier alpha value is -0.190. The van der Waals surface area contributed by atoms with Crippen LogP contribution in [0, 0.1) is 0 Å². The van der Waals surface area contributed by atoms with Gasteiger partial charge < -0.3 is 0 Å². The molecule has 3 heteroatoms. The summed E-state index contributed by atoms with van der Waals surface area (Å²) < 4.78 is 0.439. The first kappa shape index (κ1) is 9.89. The second kappa shape index (κ2) is 4.16. The summed E-state index contributed by atoms with van der Waals surface area (Å²) in [4.78, 5) is 8.66. The lowest BCUT2D eigenvalue weighted by molar-refractivity contribution is 0.793. The van der Waals surface area contributed by atoms with E-state index in [1.807, 2.05) is 12.4 Å². The van der Waals surface area contributed by atoms with Crippen LogP contribution >= 0.6 is 22.6 Å². The van der Waals surface area contributed by atoms with Gasteiger partial charge in [-0.05, 0) is 12.8 Å². The summed E-state index contributed by atoms with van der Waals surface area (Å²) in [7, 11) is 0. The molecule has 0 aliphatic carbocycles. The third kappa shape index (κ3) is 2.40. The normalized spacial score (nSPS) is 13.4. The number of hydrogen-bond acceptors (Lipinski definition) is 2. The summed E-state index contributed by atoms with van der Waals surface area (Å²) in [5.74, 6) is 0.465. The van der Waals surface area contributed by atoms with Crippen LogP contribution in [0.25, 0.3) is 0 Å². The summed E-state index contributed by atoms with van der Waals surface area (Å²) in [5, 5.41) is 0. The molecule has 0 aliphatic heterocycles. The summed E-state index contributed by atoms with van der Waals surface area (Å²) in [6.07, 6.45) is 3.68. The van der Waals surface area contributed by atoms with Crippen LogP contribution in [0.1, 0.15) is 42.0 Å². The highest BCUT2D eigenvalue weighted by Gasteiger charge is 2.06. The highest BCUT2D eigenvalue weighted by molar-refractivity contribution is 14.1. The molecule has 0 spiro atoms. The minimum Gasteiger partial charge on any atom is -0.261 e. The lowest BCUT2D eigenvalue weighted by Gasteiger charge is -2.07. The van der Waals surface area contributed by atoms with Crippen molar-refractivity contribution in [2.24, 2.45) is 0 Å². The van der Waals surface area contributed by atoms with Crippen molar-refractivity contribution in [1.29, 1.82) is 0 Å². The van der Waals surface area contributed by atoms with Crippen LogP contribution in [0.3, 0.4) is 0 Å². The summed E-state index contributed by atoms with van der Waals surface area (Å²) in [6.45, 7) is 6.38. The van der Waals surface area contributed by atoms with Gasteiger partial charge in [-0.2, -0.15) is 0 Å². The number of aromatic nitrogens is 2. The lowest BCUT2D eigenvalue weighted by atomic mass is 10.1. The van der Waals surface area contributed by atoms with Gasteiger partial charge in [0.2, 0.25) is 0 Å². The number of nitrogens with zero attached hydrogens (tertiary/aromatic N) is 2. The Kier molecular flexibility index (Phi) is 3.43. The molecule has 0 aromatic carbocycles. The average molecular weight is 276 g/mol. The molecular formula is C9H13IN2. The van der Waals surface area contributed by atoms with Crippen molar-refractivity contribution in [1.82, 2.24) is 9.97 Å².